The number of aromatic hydroxyl groups is 1. The van der Waals surface area contributed by atoms with Gasteiger partial charge in [0.2, 0.25) is 0 Å². The van der Waals surface area contributed by atoms with E-state index in [4.69, 9.17) is 10.2 Å². The van der Waals surface area contributed by atoms with Crippen molar-refractivity contribution in [1.82, 2.24) is 4.90 Å². The van der Waals surface area contributed by atoms with Gasteiger partial charge in [0.25, 0.3) is 5.91 Å². The second-order valence-corrected chi connectivity index (χ2v) is 5.64. The van der Waals surface area contributed by atoms with E-state index in [-0.39, 0.29) is 16.7 Å². The number of carbonyl (C=O) groups excluding carboxylic acids is 1. The molecule has 2 N–H and O–H groups in total. The van der Waals surface area contributed by atoms with Crippen LogP contribution in [-0.2, 0) is 4.79 Å². The highest BCUT2D eigenvalue weighted by molar-refractivity contribution is 8.00. The number of rotatable bonds is 3. The molecule has 0 aromatic heterocycles. The van der Waals surface area contributed by atoms with Gasteiger partial charge < -0.3 is 15.1 Å². The Bertz CT molecular complexity index is 551. The first-order valence-corrected chi connectivity index (χ1v) is 7.16. The lowest BCUT2D eigenvalue weighted by molar-refractivity contribution is -0.141. The number of carboxylic acid groups (broad SMARTS) is 1. The Balaban J connectivity index is 2.36. The fourth-order valence-corrected chi connectivity index (χ4v) is 3.50. The Morgan fingerprint density at radius 1 is 1.50 bits per heavy atom. The Morgan fingerprint density at radius 3 is 2.75 bits per heavy atom. The lowest BCUT2D eigenvalue weighted by Crippen LogP contribution is -2.45. The van der Waals surface area contributed by atoms with E-state index in [1.165, 1.54) is 28.8 Å². The molecule has 1 amide bonds. The van der Waals surface area contributed by atoms with Crippen molar-refractivity contribution in [1.29, 1.82) is 0 Å². The molecule has 1 aromatic rings. The molecular formula is C13H14FNO4S. The highest BCUT2D eigenvalue weighted by Crippen LogP contribution is 2.33. The van der Waals surface area contributed by atoms with Crippen LogP contribution in [0.5, 0.6) is 5.75 Å². The zero-order valence-electron chi connectivity index (χ0n) is 10.7. The van der Waals surface area contributed by atoms with Crippen LogP contribution in [-0.4, -0.2) is 44.2 Å². The van der Waals surface area contributed by atoms with E-state index < -0.39 is 23.7 Å². The SMILES string of the molecule is CCC1SCC(C(=O)O)N1C(=O)c1ccc(O)cc1F. The van der Waals surface area contributed by atoms with E-state index in [1.54, 1.807) is 0 Å². The molecule has 20 heavy (non-hydrogen) atoms. The molecule has 2 rings (SSSR count). The van der Waals surface area contributed by atoms with Gasteiger partial charge in [0.1, 0.15) is 17.6 Å². The third kappa shape index (κ3) is 2.58. The first-order chi connectivity index (χ1) is 9.45. The smallest absolute Gasteiger partial charge is 0.327 e. The zero-order chi connectivity index (χ0) is 14.9. The maximum absolute atomic E-state index is 13.8. The molecule has 0 saturated carbocycles. The van der Waals surface area contributed by atoms with Crippen molar-refractivity contribution >= 4 is 23.6 Å². The van der Waals surface area contributed by atoms with Gasteiger partial charge in [0.05, 0.1) is 10.9 Å². The fourth-order valence-electron chi connectivity index (χ4n) is 2.16. The Morgan fingerprint density at radius 2 is 2.20 bits per heavy atom. The van der Waals surface area contributed by atoms with Crippen molar-refractivity contribution in [2.75, 3.05) is 5.75 Å². The minimum absolute atomic E-state index is 0.227. The van der Waals surface area contributed by atoms with Crippen LogP contribution in [0.15, 0.2) is 18.2 Å². The van der Waals surface area contributed by atoms with E-state index in [0.717, 1.165) is 6.07 Å². The van der Waals surface area contributed by atoms with Gasteiger partial charge >= 0.3 is 5.97 Å². The summed E-state index contributed by atoms with van der Waals surface area (Å²) in [4.78, 5) is 24.8. The third-order valence-electron chi connectivity index (χ3n) is 3.14. The summed E-state index contributed by atoms with van der Waals surface area (Å²) >= 11 is 1.37. The summed E-state index contributed by atoms with van der Waals surface area (Å²) in [6.07, 6.45) is 0.583. The Labute approximate surface area is 119 Å². The quantitative estimate of drug-likeness (QED) is 0.891. The van der Waals surface area contributed by atoms with Gasteiger partial charge in [0.15, 0.2) is 0 Å². The average Bonchev–Trinajstić information content (AvgIpc) is 2.81. The minimum atomic E-state index is -1.10. The number of thioether (sulfide) groups is 1. The number of phenolic OH excluding ortho intramolecular Hbond substituents is 1. The van der Waals surface area contributed by atoms with Crippen LogP contribution in [0.2, 0.25) is 0 Å². The number of nitrogens with zero attached hydrogens (tertiary/aromatic N) is 1. The van der Waals surface area contributed by atoms with Gasteiger partial charge in [-0.2, -0.15) is 0 Å². The highest BCUT2D eigenvalue weighted by Gasteiger charge is 2.41. The lowest BCUT2D eigenvalue weighted by atomic mass is 10.1. The molecule has 108 valence electrons. The van der Waals surface area contributed by atoms with Crippen LogP contribution >= 0.6 is 11.8 Å². The number of amides is 1. The summed E-state index contributed by atoms with van der Waals surface area (Å²) in [7, 11) is 0. The monoisotopic (exact) mass is 299 g/mol. The fraction of sp³-hybridized carbons (Fsp3) is 0.385. The molecule has 1 aromatic carbocycles. The van der Waals surface area contributed by atoms with Gasteiger partial charge in [-0.1, -0.05) is 6.92 Å². The van der Waals surface area contributed by atoms with Gasteiger partial charge in [-0.3, -0.25) is 4.79 Å². The summed E-state index contributed by atoms with van der Waals surface area (Å²) in [5, 5.41) is 18.0. The van der Waals surface area contributed by atoms with E-state index in [9.17, 15) is 14.0 Å². The molecule has 1 fully saturated rings. The first kappa shape index (κ1) is 14.6. The van der Waals surface area contributed by atoms with Crippen LogP contribution < -0.4 is 0 Å². The predicted octanol–water partition coefficient (Wildman–Crippen LogP) is 1.91. The summed E-state index contributed by atoms with van der Waals surface area (Å²) in [6, 6.07) is 2.26. The van der Waals surface area contributed by atoms with E-state index in [0.29, 0.717) is 12.2 Å². The van der Waals surface area contributed by atoms with Gasteiger partial charge in [-0.05, 0) is 18.6 Å². The highest BCUT2D eigenvalue weighted by atomic mass is 32.2. The molecule has 2 unspecified atom stereocenters. The Kier molecular flexibility index (Phi) is 4.17. The number of carboxylic acids is 1. The molecule has 2 atom stereocenters. The minimum Gasteiger partial charge on any atom is -0.508 e. The molecule has 0 bridgehead atoms. The summed E-state index contributed by atoms with van der Waals surface area (Å²) in [5.41, 5.74) is -0.227. The van der Waals surface area contributed by atoms with Crippen LogP contribution in [0, 0.1) is 5.82 Å². The first-order valence-electron chi connectivity index (χ1n) is 6.11. The summed E-state index contributed by atoms with van der Waals surface area (Å²) < 4.78 is 13.8. The van der Waals surface area contributed by atoms with Crippen molar-refractivity contribution < 1.29 is 24.2 Å². The van der Waals surface area contributed by atoms with Gasteiger partial charge in [-0.25, -0.2) is 9.18 Å². The molecule has 1 aliphatic heterocycles. The molecule has 0 aliphatic carbocycles. The number of hydrogen-bond acceptors (Lipinski definition) is 4. The lowest BCUT2D eigenvalue weighted by Gasteiger charge is -2.26. The molecule has 7 heteroatoms. The summed E-state index contributed by atoms with van der Waals surface area (Å²) in [5.74, 6) is -2.60. The van der Waals surface area contributed by atoms with Crippen molar-refractivity contribution in [3.05, 3.63) is 29.6 Å². The largest absolute Gasteiger partial charge is 0.508 e. The van der Waals surface area contributed by atoms with Crippen molar-refractivity contribution in [3.8, 4) is 5.75 Å². The Hall–Kier alpha value is -1.76. The number of hydrogen-bond donors (Lipinski definition) is 2. The number of benzene rings is 1. The van der Waals surface area contributed by atoms with Gasteiger partial charge in [0, 0.05) is 11.8 Å². The van der Waals surface area contributed by atoms with Crippen LogP contribution in [0.1, 0.15) is 23.7 Å². The van der Waals surface area contributed by atoms with E-state index in [2.05, 4.69) is 0 Å². The maximum atomic E-state index is 13.8. The predicted molar refractivity (Wildman–Crippen MR) is 72.2 cm³/mol. The van der Waals surface area contributed by atoms with Crippen molar-refractivity contribution in [2.24, 2.45) is 0 Å². The molecule has 1 heterocycles. The number of aliphatic carboxylic acids is 1. The van der Waals surface area contributed by atoms with Crippen LogP contribution in [0.3, 0.4) is 0 Å². The topological polar surface area (TPSA) is 77.8 Å². The number of phenols is 1. The standard InChI is InChI=1S/C13H14FNO4S/c1-2-11-15(10(6-20-11)13(18)19)12(17)8-4-3-7(16)5-9(8)14/h3-5,10-11,16H,2,6H2,1H3,(H,18,19). The molecule has 1 saturated heterocycles. The molecule has 5 nitrogen and oxygen atoms in total. The van der Waals surface area contributed by atoms with Crippen LogP contribution in [0.25, 0.3) is 0 Å². The zero-order valence-corrected chi connectivity index (χ0v) is 11.6. The maximum Gasteiger partial charge on any atom is 0.327 e. The van der Waals surface area contributed by atoms with E-state index >= 15 is 0 Å². The second-order valence-electron chi connectivity index (χ2n) is 4.43. The second kappa shape index (κ2) is 5.70. The van der Waals surface area contributed by atoms with Crippen molar-refractivity contribution in [3.63, 3.8) is 0 Å². The normalized spacial score (nSPS) is 22.0. The average molecular weight is 299 g/mol. The molecule has 0 radical (unpaired) electrons. The van der Waals surface area contributed by atoms with E-state index in [1.807, 2.05) is 6.92 Å². The summed E-state index contributed by atoms with van der Waals surface area (Å²) in [6.45, 7) is 1.84. The molecular weight excluding hydrogens is 285 g/mol. The van der Waals surface area contributed by atoms with Crippen LogP contribution in [0.4, 0.5) is 4.39 Å². The number of halogens is 1. The molecule has 0 spiro atoms. The molecule has 1 aliphatic rings. The third-order valence-corrected chi connectivity index (χ3v) is 4.60. The van der Waals surface area contributed by atoms with Gasteiger partial charge in [-0.15, -0.1) is 11.8 Å². The number of carbonyl (C=O) groups is 2. The van der Waals surface area contributed by atoms with Crippen molar-refractivity contribution in [2.45, 2.75) is 24.8 Å².